The predicted molar refractivity (Wildman–Crippen MR) is 104 cm³/mol. The Balaban J connectivity index is 1.72. The molecule has 3 rings (SSSR count). The smallest absolute Gasteiger partial charge is 0.279 e. The summed E-state index contributed by atoms with van der Waals surface area (Å²) < 4.78 is 16.5. The van der Waals surface area contributed by atoms with E-state index in [1.165, 1.54) is 23.1 Å². The van der Waals surface area contributed by atoms with Crippen molar-refractivity contribution in [3.8, 4) is 22.8 Å². The molecule has 27 heavy (non-hydrogen) atoms. The Bertz CT molecular complexity index is 954. The van der Waals surface area contributed by atoms with Crippen LogP contribution in [0.3, 0.4) is 0 Å². The molecule has 2 aromatic heterocycles. The van der Waals surface area contributed by atoms with Gasteiger partial charge in [0.2, 0.25) is 5.13 Å². The molecule has 8 nitrogen and oxygen atoms in total. The van der Waals surface area contributed by atoms with E-state index in [4.69, 9.17) is 14.0 Å². The van der Waals surface area contributed by atoms with Crippen LogP contribution < -0.4 is 14.8 Å². The van der Waals surface area contributed by atoms with E-state index in [1.807, 2.05) is 0 Å². The number of benzene rings is 1. The third kappa shape index (κ3) is 4.47. The number of amides is 1. The van der Waals surface area contributed by atoms with Gasteiger partial charge in [-0.3, -0.25) is 10.1 Å². The van der Waals surface area contributed by atoms with E-state index in [2.05, 4.69) is 27.2 Å². The number of hydrogen-bond acceptors (Lipinski definition) is 9. The minimum Gasteiger partial charge on any atom is -0.493 e. The average molecular weight is 404 g/mol. The van der Waals surface area contributed by atoms with Gasteiger partial charge in [-0.25, -0.2) is 0 Å². The summed E-state index contributed by atoms with van der Waals surface area (Å²) in [6.45, 7) is 3.65. The molecule has 140 valence electrons. The second kappa shape index (κ2) is 8.69. The molecule has 1 aromatic carbocycles. The minimum atomic E-state index is -0.429. The second-order valence-corrected chi connectivity index (χ2v) is 7.32. The summed E-state index contributed by atoms with van der Waals surface area (Å²) in [5.41, 5.74) is 0.841. The van der Waals surface area contributed by atoms with E-state index >= 15 is 0 Å². The van der Waals surface area contributed by atoms with Gasteiger partial charge in [-0.15, -0.1) is 16.8 Å². The maximum Gasteiger partial charge on any atom is 0.279 e. The number of nitrogens with one attached hydrogen (secondary N) is 1. The Morgan fingerprint density at radius 3 is 2.85 bits per heavy atom. The van der Waals surface area contributed by atoms with Crippen LogP contribution in [0.1, 0.15) is 10.5 Å². The number of carbonyl (C=O) groups excluding carboxylic acids is 1. The Morgan fingerprint density at radius 1 is 1.30 bits per heavy atom. The first-order valence-corrected chi connectivity index (χ1v) is 9.52. The highest BCUT2D eigenvalue weighted by atomic mass is 32.2. The van der Waals surface area contributed by atoms with E-state index in [1.54, 1.807) is 44.6 Å². The normalized spacial score (nSPS) is 10.4. The topological polar surface area (TPSA) is 99.4 Å². The minimum absolute atomic E-state index is 0.135. The highest BCUT2D eigenvalue weighted by Gasteiger charge is 2.17. The van der Waals surface area contributed by atoms with Crippen molar-refractivity contribution in [2.45, 2.75) is 4.34 Å². The van der Waals surface area contributed by atoms with Crippen LogP contribution in [0.15, 0.2) is 45.8 Å². The zero-order valence-corrected chi connectivity index (χ0v) is 16.2. The SMILES string of the molecule is C=CCSc1nnc(NC(=O)c2cc(-c3ccc(OC)c(OC)c3)on2)s1. The number of nitrogens with zero attached hydrogens (tertiary/aromatic N) is 3. The van der Waals surface area contributed by atoms with Crippen molar-refractivity contribution in [3.05, 3.63) is 42.6 Å². The van der Waals surface area contributed by atoms with Gasteiger partial charge < -0.3 is 14.0 Å². The maximum absolute atomic E-state index is 12.3. The van der Waals surface area contributed by atoms with Gasteiger partial charge in [-0.2, -0.15) is 0 Å². The van der Waals surface area contributed by atoms with Crippen molar-refractivity contribution in [3.63, 3.8) is 0 Å². The molecule has 3 aromatic rings. The zero-order valence-electron chi connectivity index (χ0n) is 14.6. The Morgan fingerprint density at radius 2 is 2.11 bits per heavy atom. The molecular weight excluding hydrogens is 388 g/mol. The highest BCUT2D eigenvalue weighted by molar-refractivity contribution is 8.01. The third-order valence-electron chi connectivity index (χ3n) is 3.36. The lowest BCUT2D eigenvalue weighted by molar-refractivity contribution is 0.101. The van der Waals surface area contributed by atoms with Gasteiger partial charge >= 0.3 is 0 Å². The molecule has 0 bridgehead atoms. The molecule has 0 unspecified atom stereocenters. The molecule has 0 saturated carbocycles. The summed E-state index contributed by atoms with van der Waals surface area (Å²) in [5.74, 6) is 1.87. The van der Waals surface area contributed by atoms with Crippen LogP contribution in [0.2, 0.25) is 0 Å². The molecule has 0 fully saturated rings. The Labute approximate surface area is 163 Å². The van der Waals surface area contributed by atoms with Crippen molar-refractivity contribution in [1.82, 2.24) is 15.4 Å². The van der Waals surface area contributed by atoms with Gasteiger partial charge in [0.1, 0.15) is 0 Å². The molecular formula is C17H16N4O4S2. The van der Waals surface area contributed by atoms with Crippen LogP contribution in [0.5, 0.6) is 11.5 Å². The summed E-state index contributed by atoms with van der Waals surface area (Å²) in [6, 6.07) is 6.83. The van der Waals surface area contributed by atoms with Crippen LogP contribution >= 0.6 is 23.1 Å². The number of anilines is 1. The average Bonchev–Trinajstić information content (AvgIpc) is 3.35. The Kier molecular flexibility index (Phi) is 6.09. The summed E-state index contributed by atoms with van der Waals surface area (Å²) in [5, 5.41) is 14.8. The van der Waals surface area contributed by atoms with E-state index in [0.29, 0.717) is 28.0 Å². The molecule has 0 aliphatic heterocycles. The molecule has 0 aliphatic carbocycles. The number of aromatic nitrogens is 3. The van der Waals surface area contributed by atoms with Crippen molar-refractivity contribution in [2.24, 2.45) is 0 Å². The molecule has 2 heterocycles. The van der Waals surface area contributed by atoms with Crippen LogP contribution in [0.25, 0.3) is 11.3 Å². The molecule has 1 amide bonds. The largest absolute Gasteiger partial charge is 0.493 e. The van der Waals surface area contributed by atoms with Gasteiger partial charge in [0, 0.05) is 17.4 Å². The summed E-state index contributed by atoms with van der Waals surface area (Å²) in [7, 11) is 3.10. The lowest BCUT2D eigenvalue weighted by atomic mass is 10.1. The first kappa shape index (κ1) is 18.9. The number of hydrogen-bond donors (Lipinski definition) is 1. The fourth-order valence-electron chi connectivity index (χ4n) is 2.12. The summed E-state index contributed by atoms with van der Waals surface area (Å²) in [4.78, 5) is 12.3. The first-order valence-electron chi connectivity index (χ1n) is 7.72. The van der Waals surface area contributed by atoms with Crippen molar-refractivity contribution < 1.29 is 18.8 Å². The third-order valence-corrected chi connectivity index (χ3v) is 5.33. The molecule has 0 saturated heterocycles. The highest BCUT2D eigenvalue weighted by Crippen LogP contribution is 2.32. The number of rotatable bonds is 8. The predicted octanol–water partition coefficient (Wildman–Crippen LogP) is 3.74. The fraction of sp³-hybridized carbons (Fsp3) is 0.176. The standard InChI is InChI=1S/C17H16N4O4S2/c1-4-7-26-17-20-19-16(27-17)18-15(22)11-9-13(25-21-11)10-5-6-12(23-2)14(8-10)24-3/h4-6,8-9H,1,7H2,2-3H3,(H,18,19,22). The van der Waals surface area contributed by atoms with Gasteiger partial charge in [0.25, 0.3) is 5.91 Å². The van der Waals surface area contributed by atoms with Gasteiger partial charge in [-0.05, 0) is 18.2 Å². The van der Waals surface area contributed by atoms with Crippen molar-refractivity contribution in [1.29, 1.82) is 0 Å². The number of ether oxygens (including phenoxy) is 2. The van der Waals surface area contributed by atoms with Gasteiger partial charge in [0.05, 0.1) is 14.2 Å². The van der Waals surface area contributed by atoms with E-state index in [0.717, 1.165) is 10.1 Å². The van der Waals surface area contributed by atoms with Crippen LogP contribution in [0, 0.1) is 0 Å². The Hall–Kier alpha value is -2.85. The fourth-order valence-corrected chi connectivity index (χ4v) is 3.63. The van der Waals surface area contributed by atoms with Crippen LogP contribution in [-0.2, 0) is 0 Å². The lowest BCUT2D eigenvalue weighted by Crippen LogP contribution is -2.11. The second-order valence-electron chi connectivity index (χ2n) is 5.07. The van der Waals surface area contributed by atoms with Crippen LogP contribution in [-0.4, -0.2) is 41.2 Å². The monoisotopic (exact) mass is 404 g/mol. The molecule has 10 heteroatoms. The number of thioether (sulfide) groups is 1. The number of methoxy groups -OCH3 is 2. The first-order chi connectivity index (χ1) is 13.1. The quantitative estimate of drug-likeness (QED) is 0.344. The summed E-state index contributed by atoms with van der Waals surface area (Å²) in [6.07, 6.45) is 1.77. The molecule has 1 N–H and O–H groups in total. The van der Waals surface area contributed by atoms with Gasteiger partial charge in [-0.1, -0.05) is 34.3 Å². The number of carbonyl (C=O) groups is 1. The van der Waals surface area contributed by atoms with Crippen molar-refractivity contribution in [2.75, 3.05) is 25.3 Å². The van der Waals surface area contributed by atoms with Gasteiger partial charge in [0.15, 0.2) is 27.3 Å². The molecule has 0 aliphatic rings. The molecule has 0 atom stereocenters. The van der Waals surface area contributed by atoms with E-state index < -0.39 is 5.91 Å². The summed E-state index contributed by atoms with van der Waals surface area (Å²) >= 11 is 2.77. The van der Waals surface area contributed by atoms with E-state index in [9.17, 15) is 4.79 Å². The maximum atomic E-state index is 12.3. The lowest BCUT2D eigenvalue weighted by Gasteiger charge is -2.07. The molecule has 0 spiro atoms. The van der Waals surface area contributed by atoms with Crippen LogP contribution in [0.4, 0.5) is 5.13 Å². The van der Waals surface area contributed by atoms with E-state index in [-0.39, 0.29) is 5.69 Å². The molecule has 0 radical (unpaired) electrons. The zero-order chi connectivity index (χ0) is 19.2. The van der Waals surface area contributed by atoms with Crippen molar-refractivity contribution >= 4 is 34.1 Å².